The van der Waals surface area contributed by atoms with Crippen LogP contribution in [0.1, 0.15) is 59.9 Å². The fourth-order valence-electron chi connectivity index (χ4n) is 5.25. The standard InChI is InChI=1S/C31H34FN3O3/c1-21(2)18-35-28-9-4-3-8-27(28)33-30(35)23-12-14-34(15-13-23)31(37)24-10-11-29(25(17-24)19-36)38-20-22-6-5-7-26(32)16-22/h3-11,16-17,21,23,36H,12-15,18-20H2,1-2H3. The van der Waals surface area contributed by atoms with Gasteiger partial charge in [-0.2, -0.15) is 0 Å². The Hall–Kier alpha value is -3.71. The molecule has 1 saturated heterocycles. The van der Waals surface area contributed by atoms with Crippen molar-refractivity contribution in [1.82, 2.24) is 14.5 Å². The summed E-state index contributed by atoms with van der Waals surface area (Å²) in [6.07, 6.45) is 1.71. The van der Waals surface area contributed by atoms with Crippen LogP contribution < -0.4 is 4.74 Å². The van der Waals surface area contributed by atoms with Gasteiger partial charge >= 0.3 is 0 Å². The van der Waals surface area contributed by atoms with Gasteiger partial charge < -0.3 is 19.3 Å². The zero-order valence-corrected chi connectivity index (χ0v) is 21.9. The van der Waals surface area contributed by atoms with Gasteiger partial charge in [-0.15, -0.1) is 0 Å². The van der Waals surface area contributed by atoms with E-state index in [4.69, 9.17) is 9.72 Å². The molecule has 1 amide bonds. The highest BCUT2D eigenvalue weighted by Gasteiger charge is 2.28. The van der Waals surface area contributed by atoms with Crippen molar-refractivity contribution in [3.63, 3.8) is 0 Å². The van der Waals surface area contributed by atoms with Gasteiger partial charge in [0.2, 0.25) is 0 Å². The van der Waals surface area contributed by atoms with Crippen molar-refractivity contribution < 1.29 is 19.0 Å². The second-order valence-corrected chi connectivity index (χ2v) is 10.4. The van der Waals surface area contributed by atoms with Crippen LogP contribution in [0.15, 0.2) is 66.7 Å². The third-order valence-corrected chi connectivity index (χ3v) is 7.14. The summed E-state index contributed by atoms with van der Waals surface area (Å²) >= 11 is 0. The molecule has 0 saturated carbocycles. The van der Waals surface area contributed by atoms with Crippen LogP contribution in [-0.4, -0.2) is 38.6 Å². The Kier molecular flexibility index (Phi) is 7.74. The number of carbonyl (C=O) groups excluding carboxylic acids is 1. The summed E-state index contributed by atoms with van der Waals surface area (Å²) in [4.78, 5) is 20.2. The van der Waals surface area contributed by atoms with E-state index in [0.717, 1.165) is 30.7 Å². The second kappa shape index (κ2) is 11.4. The molecule has 2 heterocycles. The Morgan fingerprint density at radius 1 is 1.08 bits per heavy atom. The molecule has 1 N–H and O–H groups in total. The maximum absolute atomic E-state index is 13.5. The molecule has 1 aliphatic rings. The number of aliphatic hydroxyl groups is 1. The van der Waals surface area contributed by atoms with Gasteiger partial charge in [0.15, 0.2) is 0 Å². The molecule has 0 radical (unpaired) electrons. The lowest BCUT2D eigenvalue weighted by atomic mass is 9.95. The number of hydrogen-bond acceptors (Lipinski definition) is 4. The van der Waals surface area contributed by atoms with Crippen LogP contribution in [0.3, 0.4) is 0 Å². The van der Waals surface area contributed by atoms with Crippen LogP contribution >= 0.6 is 0 Å². The largest absolute Gasteiger partial charge is 0.489 e. The van der Waals surface area contributed by atoms with E-state index >= 15 is 0 Å². The summed E-state index contributed by atoms with van der Waals surface area (Å²) < 4.78 is 21.6. The fraction of sp³-hybridized carbons (Fsp3) is 0.355. The number of hydrogen-bond donors (Lipinski definition) is 1. The molecule has 38 heavy (non-hydrogen) atoms. The molecule has 1 aromatic heterocycles. The Labute approximate surface area is 222 Å². The maximum atomic E-state index is 13.5. The van der Waals surface area contributed by atoms with Crippen LogP contribution in [0.5, 0.6) is 5.75 Å². The number of carbonyl (C=O) groups is 1. The smallest absolute Gasteiger partial charge is 0.253 e. The summed E-state index contributed by atoms with van der Waals surface area (Å²) in [7, 11) is 0. The molecule has 0 atom stereocenters. The maximum Gasteiger partial charge on any atom is 0.253 e. The van der Waals surface area contributed by atoms with Crippen molar-refractivity contribution in [2.75, 3.05) is 13.1 Å². The quantitative estimate of drug-likeness (QED) is 0.316. The Bertz CT molecular complexity index is 1420. The summed E-state index contributed by atoms with van der Waals surface area (Å²) in [5.41, 5.74) is 3.95. The van der Waals surface area contributed by atoms with Crippen molar-refractivity contribution in [2.24, 2.45) is 5.92 Å². The SMILES string of the molecule is CC(C)Cn1c(C2CCN(C(=O)c3ccc(OCc4cccc(F)c4)c(CO)c3)CC2)nc2ccccc21. The van der Waals surface area contributed by atoms with Gasteiger partial charge in [-0.3, -0.25) is 4.79 Å². The number of rotatable bonds is 8. The minimum absolute atomic E-state index is 0.0505. The monoisotopic (exact) mass is 515 g/mol. The van der Waals surface area contributed by atoms with E-state index in [1.807, 2.05) is 11.0 Å². The Balaban J connectivity index is 1.26. The first kappa shape index (κ1) is 25.9. The lowest BCUT2D eigenvalue weighted by Crippen LogP contribution is -2.38. The van der Waals surface area contributed by atoms with Gasteiger partial charge in [0.1, 0.15) is 24.0 Å². The number of aliphatic hydroxyl groups excluding tert-OH is 1. The molecule has 0 spiro atoms. The number of nitrogens with zero attached hydrogens (tertiary/aromatic N) is 3. The molecule has 0 bridgehead atoms. The fourth-order valence-corrected chi connectivity index (χ4v) is 5.25. The van der Waals surface area contributed by atoms with Crippen LogP contribution in [0.2, 0.25) is 0 Å². The third-order valence-electron chi connectivity index (χ3n) is 7.14. The number of piperidine rings is 1. The lowest BCUT2D eigenvalue weighted by Gasteiger charge is -2.32. The molecule has 5 rings (SSSR count). The highest BCUT2D eigenvalue weighted by Crippen LogP contribution is 2.32. The van der Waals surface area contributed by atoms with E-state index in [1.54, 1.807) is 30.3 Å². The first-order valence-corrected chi connectivity index (χ1v) is 13.3. The molecule has 4 aromatic rings. The lowest BCUT2D eigenvalue weighted by molar-refractivity contribution is 0.0710. The number of para-hydroxylation sites is 2. The number of imidazole rings is 1. The van der Waals surface area contributed by atoms with Gasteiger partial charge in [-0.25, -0.2) is 9.37 Å². The highest BCUT2D eigenvalue weighted by atomic mass is 19.1. The first-order valence-electron chi connectivity index (χ1n) is 13.3. The van der Waals surface area contributed by atoms with Crippen LogP contribution in [0.25, 0.3) is 11.0 Å². The number of halogens is 1. The molecular weight excluding hydrogens is 481 g/mol. The van der Waals surface area contributed by atoms with E-state index in [9.17, 15) is 14.3 Å². The average molecular weight is 516 g/mol. The van der Waals surface area contributed by atoms with Crippen molar-refractivity contribution >= 4 is 16.9 Å². The van der Waals surface area contributed by atoms with Crippen LogP contribution in [-0.2, 0) is 19.8 Å². The van der Waals surface area contributed by atoms with E-state index in [0.29, 0.717) is 47.4 Å². The second-order valence-electron chi connectivity index (χ2n) is 10.4. The minimum atomic E-state index is -0.324. The number of likely N-dealkylation sites (tertiary alicyclic amines) is 1. The molecule has 198 valence electrons. The van der Waals surface area contributed by atoms with E-state index in [2.05, 4.69) is 36.6 Å². The molecule has 7 heteroatoms. The van der Waals surface area contributed by atoms with Gasteiger partial charge in [0.25, 0.3) is 5.91 Å². The van der Waals surface area contributed by atoms with Crippen molar-refractivity contribution in [3.8, 4) is 5.75 Å². The molecule has 1 aliphatic heterocycles. The molecular formula is C31H34FN3O3. The van der Waals surface area contributed by atoms with Crippen LogP contribution in [0, 0.1) is 11.7 Å². The zero-order valence-electron chi connectivity index (χ0n) is 21.9. The zero-order chi connectivity index (χ0) is 26.6. The topological polar surface area (TPSA) is 67.6 Å². The van der Waals surface area contributed by atoms with Gasteiger partial charge in [0.05, 0.1) is 17.6 Å². The van der Waals surface area contributed by atoms with Crippen molar-refractivity contribution in [2.45, 2.75) is 52.4 Å². The summed E-state index contributed by atoms with van der Waals surface area (Å²) in [5, 5.41) is 9.91. The van der Waals surface area contributed by atoms with E-state index in [1.165, 1.54) is 17.6 Å². The number of amides is 1. The van der Waals surface area contributed by atoms with Crippen molar-refractivity contribution in [3.05, 3.63) is 95.1 Å². The summed E-state index contributed by atoms with van der Waals surface area (Å²) in [6, 6.07) is 19.6. The normalized spacial score (nSPS) is 14.4. The molecule has 1 fully saturated rings. The van der Waals surface area contributed by atoms with Gasteiger partial charge in [-0.05, 0) is 66.8 Å². The highest BCUT2D eigenvalue weighted by molar-refractivity contribution is 5.94. The Morgan fingerprint density at radius 3 is 2.61 bits per heavy atom. The molecule has 0 aliphatic carbocycles. The number of benzene rings is 3. The van der Waals surface area contributed by atoms with E-state index < -0.39 is 0 Å². The average Bonchev–Trinajstić information content (AvgIpc) is 3.29. The van der Waals surface area contributed by atoms with Gasteiger partial charge in [0, 0.05) is 36.7 Å². The van der Waals surface area contributed by atoms with E-state index in [-0.39, 0.29) is 24.9 Å². The third kappa shape index (κ3) is 5.58. The van der Waals surface area contributed by atoms with Crippen molar-refractivity contribution in [1.29, 1.82) is 0 Å². The number of fused-ring (bicyclic) bond motifs is 1. The molecule has 3 aromatic carbocycles. The molecule has 6 nitrogen and oxygen atoms in total. The summed E-state index contributed by atoms with van der Waals surface area (Å²) in [5.74, 6) is 2.04. The van der Waals surface area contributed by atoms with Gasteiger partial charge in [-0.1, -0.05) is 38.1 Å². The number of aromatic nitrogens is 2. The Morgan fingerprint density at radius 2 is 1.87 bits per heavy atom. The predicted octanol–water partition coefficient (Wildman–Crippen LogP) is 5.92. The number of ether oxygens (including phenoxy) is 1. The molecule has 0 unspecified atom stereocenters. The first-order chi connectivity index (χ1) is 18.4. The minimum Gasteiger partial charge on any atom is -0.489 e. The van der Waals surface area contributed by atoms with Crippen LogP contribution in [0.4, 0.5) is 4.39 Å². The predicted molar refractivity (Wildman–Crippen MR) is 146 cm³/mol. The summed E-state index contributed by atoms with van der Waals surface area (Å²) in [6.45, 7) is 6.59.